The predicted octanol–water partition coefficient (Wildman–Crippen LogP) is 3.58. The molecule has 0 aromatic heterocycles. The lowest BCUT2D eigenvalue weighted by Gasteiger charge is -2.42. The average molecular weight is 241 g/mol. The van der Waals surface area contributed by atoms with E-state index in [1.165, 1.54) is 44.9 Å². The summed E-state index contributed by atoms with van der Waals surface area (Å²) in [7, 11) is 0. The van der Waals surface area contributed by atoms with Gasteiger partial charge in [0.1, 0.15) is 0 Å². The summed E-state index contributed by atoms with van der Waals surface area (Å²) in [4.78, 5) is 2.63. The van der Waals surface area contributed by atoms with Crippen LogP contribution >= 0.6 is 0 Å². The Kier molecular flexibility index (Phi) is 6.50. The highest BCUT2D eigenvalue weighted by atomic mass is 16.3. The molecule has 1 N–H and O–H groups in total. The summed E-state index contributed by atoms with van der Waals surface area (Å²) in [6.45, 7) is 8.29. The molecule has 0 heterocycles. The zero-order chi connectivity index (χ0) is 12.7. The minimum absolute atomic E-state index is 0.235. The first-order valence-corrected chi connectivity index (χ1v) is 7.43. The maximum Gasteiger partial charge on any atom is 0.0443 e. The summed E-state index contributed by atoms with van der Waals surface area (Å²) in [6, 6.07) is 0.738. The Morgan fingerprint density at radius 1 is 1.00 bits per heavy atom. The van der Waals surface area contributed by atoms with Crippen LogP contribution in [0.4, 0.5) is 0 Å². The molecule has 0 spiro atoms. The molecule has 0 aromatic carbocycles. The minimum atomic E-state index is 0.235. The van der Waals surface area contributed by atoms with E-state index in [0.29, 0.717) is 6.61 Å². The Bertz CT molecular complexity index is 190. The van der Waals surface area contributed by atoms with E-state index >= 15 is 0 Å². The lowest BCUT2D eigenvalue weighted by molar-refractivity contribution is 0.0592. The molecule has 1 aliphatic rings. The van der Waals surface area contributed by atoms with Gasteiger partial charge in [0.2, 0.25) is 0 Å². The summed E-state index contributed by atoms with van der Waals surface area (Å²) >= 11 is 0. The van der Waals surface area contributed by atoms with Crippen LogP contribution in [-0.4, -0.2) is 34.7 Å². The summed E-state index contributed by atoms with van der Waals surface area (Å²) in [5.41, 5.74) is 0.235. The third-order valence-corrected chi connectivity index (χ3v) is 3.93. The van der Waals surface area contributed by atoms with Crippen molar-refractivity contribution in [3.63, 3.8) is 0 Å². The van der Waals surface area contributed by atoms with Crippen molar-refractivity contribution in [2.24, 2.45) is 0 Å². The van der Waals surface area contributed by atoms with Crippen LogP contribution < -0.4 is 0 Å². The molecular formula is C15H31NO. The van der Waals surface area contributed by atoms with Crippen LogP contribution in [-0.2, 0) is 0 Å². The fourth-order valence-electron chi connectivity index (χ4n) is 3.05. The molecule has 0 atom stereocenters. The largest absolute Gasteiger partial charge is 0.396 e. The van der Waals surface area contributed by atoms with E-state index in [2.05, 4.69) is 25.7 Å². The van der Waals surface area contributed by atoms with Crippen LogP contribution in [0.1, 0.15) is 72.1 Å². The molecule has 1 saturated carbocycles. The molecule has 0 aromatic rings. The van der Waals surface area contributed by atoms with Crippen LogP contribution in [0.2, 0.25) is 0 Å². The highest BCUT2D eigenvalue weighted by molar-refractivity contribution is 4.84. The lowest BCUT2D eigenvalue weighted by atomic mass is 9.92. The van der Waals surface area contributed by atoms with Gasteiger partial charge in [-0.2, -0.15) is 0 Å². The zero-order valence-electron chi connectivity index (χ0n) is 12.0. The van der Waals surface area contributed by atoms with E-state index in [0.717, 1.165) is 19.0 Å². The van der Waals surface area contributed by atoms with Gasteiger partial charge in [0, 0.05) is 24.7 Å². The van der Waals surface area contributed by atoms with Crippen molar-refractivity contribution in [3.8, 4) is 0 Å². The Morgan fingerprint density at radius 3 is 2.00 bits per heavy atom. The molecule has 0 bridgehead atoms. The maximum absolute atomic E-state index is 9.05. The van der Waals surface area contributed by atoms with Gasteiger partial charge in [-0.25, -0.2) is 0 Å². The summed E-state index contributed by atoms with van der Waals surface area (Å²) in [6.07, 6.45) is 10.6. The predicted molar refractivity (Wildman–Crippen MR) is 74.3 cm³/mol. The zero-order valence-corrected chi connectivity index (χ0v) is 12.0. The van der Waals surface area contributed by atoms with Crippen molar-refractivity contribution in [2.75, 3.05) is 13.2 Å². The second-order valence-electron chi connectivity index (χ2n) is 6.44. The normalized spacial score (nSPS) is 20.3. The van der Waals surface area contributed by atoms with E-state index in [-0.39, 0.29) is 5.54 Å². The smallest absolute Gasteiger partial charge is 0.0443 e. The first-order chi connectivity index (χ1) is 8.05. The van der Waals surface area contributed by atoms with Gasteiger partial charge in [-0.15, -0.1) is 0 Å². The number of hydrogen-bond donors (Lipinski definition) is 1. The van der Waals surface area contributed by atoms with Crippen molar-refractivity contribution in [1.82, 2.24) is 4.90 Å². The van der Waals surface area contributed by atoms with Crippen LogP contribution in [0, 0.1) is 0 Å². The Labute approximate surface area is 107 Å². The first-order valence-electron chi connectivity index (χ1n) is 7.43. The minimum Gasteiger partial charge on any atom is -0.396 e. The quantitative estimate of drug-likeness (QED) is 0.813. The van der Waals surface area contributed by atoms with Crippen LogP contribution in [0.25, 0.3) is 0 Å². The number of nitrogens with zero attached hydrogens (tertiary/aromatic N) is 1. The average Bonchev–Trinajstić information content (AvgIpc) is 2.19. The highest BCUT2D eigenvalue weighted by Gasteiger charge is 2.28. The van der Waals surface area contributed by atoms with Crippen molar-refractivity contribution in [1.29, 1.82) is 0 Å². The first kappa shape index (κ1) is 15.0. The van der Waals surface area contributed by atoms with Crippen molar-refractivity contribution in [2.45, 2.75) is 83.7 Å². The van der Waals surface area contributed by atoms with Crippen LogP contribution in [0.5, 0.6) is 0 Å². The molecule has 102 valence electrons. The van der Waals surface area contributed by atoms with Gasteiger partial charge < -0.3 is 5.11 Å². The summed E-state index contributed by atoms with van der Waals surface area (Å²) in [5, 5.41) is 9.05. The molecule has 1 fully saturated rings. The SMILES string of the molecule is CC(C)(C)N(CCCO)C1CCCCCCC1. The molecular weight excluding hydrogens is 210 g/mol. The number of aliphatic hydroxyl groups is 1. The highest BCUT2D eigenvalue weighted by Crippen LogP contribution is 2.27. The molecule has 2 nitrogen and oxygen atoms in total. The van der Waals surface area contributed by atoms with E-state index in [1.54, 1.807) is 0 Å². The van der Waals surface area contributed by atoms with Crippen LogP contribution in [0.15, 0.2) is 0 Å². The van der Waals surface area contributed by atoms with Gasteiger partial charge in [0.25, 0.3) is 0 Å². The fraction of sp³-hybridized carbons (Fsp3) is 1.00. The molecule has 0 saturated heterocycles. The Hall–Kier alpha value is -0.0800. The molecule has 0 aliphatic heterocycles. The second-order valence-corrected chi connectivity index (χ2v) is 6.44. The van der Waals surface area contributed by atoms with E-state index < -0.39 is 0 Å². The topological polar surface area (TPSA) is 23.5 Å². The number of aliphatic hydroxyl groups excluding tert-OH is 1. The molecule has 0 amide bonds. The van der Waals surface area contributed by atoms with Crippen molar-refractivity contribution < 1.29 is 5.11 Å². The van der Waals surface area contributed by atoms with Gasteiger partial charge >= 0.3 is 0 Å². The summed E-state index contributed by atoms with van der Waals surface area (Å²) in [5.74, 6) is 0. The van der Waals surface area contributed by atoms with Gasteiger partial charge in [-0.05, 0) is 40.0 Å². The van der Waals surface area contributed by atoms with Gasteiger partial charge in [-0.3, -0.25) is 4.90 Å². The van der Waals surface area contributed by atoms with Crippen LogP contribution in [0.3, 0.4) is 0 Å². The van der Waals surface area contributed by atoms with E-state index in [9.17, 15) is 0 Å². The molecule has 1 rings (SSSR count). The Morgan fingerprint density at radius 2 is 1.53 bits per heavy atom. The van der Waals surface area contributed by atoms with Gasteiger partial charge in [0.15, 0.2) is 0 Å². The molecule has 0 unspecified atom stereocenters. The fourth-order valence-corrected chi connectivity index (χ4v) is 3.05. The van der Waals surface area contributed by atoms with Gasteiger partial charge in [0.05, 0.1) is 0 Å². The lowest BCUT2D eigenvalue weighted by Crippen LogP contribution is -2.49. The molecule has 2 heteroatoms. The van der Waals surface area contributed by atoms with E-state index in [4.69, 9.17) is 5.11 Å². The summed E-state index contributed by atoms with van der Waals surface area (Å²) < 4.78 is 0. The number of hydrogen-bond acceptors (Lipinski definition) is 2. The maximum atomic E-state index is 9.05. The molecule has 0 radical (unpaired) electrons. The third-order valence-electron chi connectivity index (χ3n) is 3.93. The standard InChI is InChI=1S/C15H31NO/c1-15(2,3)16(12-9-13-17)14-10-7-5-4-6-8-11-14/h14,17H,4-13H2,1-3H3. The molecule has 17 heavy (non-hydrogen) atoms. The Balaban J connectivity index is 2.58. The second kappa shape index (κ2) is 7.38. The monoisotopic (exact) mass is 241 g/mol. The van der Waals surface area contributed by atoms with Crippen molar-refractivity contribution in [3.05, 3.63) is 0 Å². The third kappa shape index (κ3) is 5.39. The molecule has 1 aliphatic carbocycles. The van der Waals surface area contributed by atoms with Gasteiger partial charge in [-0.1, -0.05) is 32.1 Å². The van der Waals surface area contributed by atoms with E-state index in [1.807, 2.05) is 0 Å². The number of rotatable bonds is 4. The van der Waals surface area contributed by atoms with Crippen molar-refractivity contribution >= 4 is 0 Å².